The van der Waals surface area contributed by atoms with Crippen molar-refractivity contribution in [2.45, 2.75) is 33.1 Å². The molecule has 0 unspecified atom stereocenters. The van der Waals surface area contributed by atoms with Crippen LogP contribution in [0.1, 0.15) is 38.1 Å². The van der Waals surface area contributed by atoms with Crippen LogP contribution in [0.5, 0.6) is 0 Å². The van der Waals surface area contributed by atoms with Crippen molar-refractivity contribution in [3.63, 3.8) is 0 Å². The molecule has 0 aliphatic rings. The number of H-pyrrole nitrogens is 1. The Bertz CT molecular complexity index is 570. The number of aromatic nitrogens is 2. The summed E-state index contributed by atoms with van der Waals surface area (Å²) in [6, 6.07) is 5.91. The van der Waals surface area contributed by atoms with E-state index in [4.69, 9.17) is 0 Å². The van der Waals surface area contributed by atoms with Gasteiger partial charge in [0.15, 0.2) is 0 Å². The third kappa shape index (κ3) is 1.85. The van der Waals surface area contributed by atoms with Gasteiger partial charge in [0, 0.05) is 6.42 Å². The van der Waals surface area contributed by atoms with E-state index < -0.39 is 0 Å². The smallest absolute Gasteiger partial charge is 0.258 e. The molecule has 1 aromatic heterocycles. The lowest BCUT2D eigenvalue weighted by Crippen LogP contribution is -2.11. The van der Waals surface area contributed by atoms with Crippen molar-refractivity contribution >= 4 is 10.9 Å². The molecular weight excluding hydrogens is 200 g/mol. The van der Waals surface area contributed by atoms with Gasteiger partial charge in [-0.25, -0.2) is 4.98 Å². The van der Waals surface area contributed by atoms with Crippen LogP contribution in [0, 0.1) is 0 Å². The molecule has 84 valence electrons. The van der Waals surface area contributed by atoms with Gasteiger partial charge in [0.2, 0.25) is 0 Å². The molecule has 2 rings (SSSR count). The summed E-state index contributed by atoms with van der Waals surface area (Å²) in [6.07, 6.45) is 0.747. The molecular formula is C13H16N2O. The second-order valence-corrected chi connectivity index (χ2v) is 4.30. The zero-order valence-electron chi connectivity index (χ0n) is 9.87. The Kier molecular flexibility index (Phi) is 2.77. The first-order chi connectivity index (χ1) is 7.61. The minimum absolute atomic E-state index is 0.0376. The van der Waals surface area contributed by atoms with E-state index in [9.17, 15) is 4.79 Å². The Labute approximate surface area is 94.5 Å². The first-order valence-electron chi connectivity index (χ1n) is 5.64. The predicted molar refractivity (Wildman–Crippen MR) is 65.8 cm³/mol. The summed E-state index contributed by atoms with van der Waals surface area (Å²) in [5.74, 6) is 1.17. The van der Waals surface area contributed by atoms with Gasteiger partial charge in [-0.05, 0) is 23.6 Å². The summed E-state index contributed by atoms with van der Waals surface area (Å²) < 4.78 is 0. The number of rotatable bonds is 2. The number of fused-ring (bicyclic) bond motifs is 1. The van der Waals surface area contributed by atoms with E-state index in [2.05, 4.69) is 23.8 Å². The molecule has 0 radical (unpaired) electrons. The summed E-state index contributed by atoms with van der Waals surface area (Å²) in [4.78, 5) is 19.0. The van der Waals surface area contributed by atoms with Gasteiger partial charge in [-0.15, -0.1) is 0 Å². The number of nitrogens with zero attached hydrogens (tertiary/aromatic N) is 1. The Morgan fingerprint density at radius 2 is 2.12 bits per heavy atom. The maximum Gasteiger partial charge on any atom is 0.258 e. The van der Waals surface area contributed by atoms with E-state index in [1.165, 1.54) is 5.56 Å². The highest BCUT2D eigenvalue weighted by atomic mass is 16.1. The highest BCUT2D eigenvalue weighted by molar-refractivity contribution is 5.78. The predicted octanol–water partition coefficient (Wildman–Crippen LogP) is 2.61. The van der Waals surface area contributed by atoms with Crippen LogP contribution < -0.4 is 5.56 Å². The van der Waals surface area contributed by atoms with Crippen LogP contribution in [-0.4, -0.2) is 9.97 Å². The largest absolute Gasteiger partial charge is 0.310 e. The minimum Gasteiger partial charge on any atom is -0.310 e. The Balaban J connectivity index is 2.71. The number of benzene rings is 1. The fourth-order valence-corrected chi connectivity index (χ4v) is 1.73. The first-order valence-corrected chi connectivity index (χ1v) is 5.64. The molecule has 3 nitrogen and oxygen atoms in total. The summed E-state index contributed by atoms with van der Waals surface area (Å²) in [5, 5.41) is 0.684. The molecule has 1 N–H and O–H groups in total. The molecule has 2 aromatic rings. The zero-order chi connectivity index (χ0) is 11.7. The standard InChI is InChI=1S/C13H16N2O/c1-4-12-14-11-6-5-9(8(2)3)7-10(11)13(16)15-12/h5-8H,4H2,1-3H3,(H,14,15,16). The lowest BCUT2D eigenvalue weighted by molar-refractivity contribution is 0.867. The van der Waals surface area contributed by atoms with Gasteiger partial charge in [0.1, 0.15) is 5.82 Å². The second-order valence-electron chi connectivity index (χ2n) is 4.30. The number of hydrogen-bond acceptors (Lipinski definition) is 2. The maximum atomic E-state index is 11.8. The maximum absolute atomic E-state index is 11.8. The fourth-order valence-electron chi connectivity index (χ4n) is 1.73. The lowest BCUT2D eigenvalue weighted by Gasteiger charge is -2.06. The normalized spacial score (nSPS) is 11.2. The monoisotopic (exact) mass is 216 g/mol. The average molecular weight is 216 g/mol. The van der Waals surface area contributed by atoms with Crippen LogP contribution in [0.15, 0.2) is 23.0 Å². The average Bonchev–Trinajstić information content (AvgIpc) is 2.28. The summed E-state index contributed by atoms with van der Waals surface area (Å²) in [7, 11) is 0. The van der Waals surface area contributed by atoms with Crippen molar-refractivity contribution in [1.29, 1.82) is 0 Å². The summed E-state index contributed by atoms with van der Waals surface area (Å²) in [5.41, 5.74) is 1.92. The Morgan fingerprint density at radius 3 is 2.75 bits per heavy atom. The highest BCUT2D eigenvalue weighted by Gasteiger charge is 2.05. The van der Waals surface area contributed by atoms with Crippen LogP contribution >= 0.6 is 0 Å². The van der Waals surface area contributed by atoms with Gasteiger partial charge in [-0.3, -0.25) is 4.79 Å². The van der Waals surface area contributed by atoms with Gasteiger partial charge >= 0.3 is 0 Å². The van der Waals surface area contributed by atoms with E-state index in [0.29, 0.717) is 11.3 Å². The fraction of sp³-hybridized carbons (Fsp3) is 0.385. The van der Waals surface area contributed by atoms with Crippen molar-refractivity contribution in [2.75, 3.05) is 0 Å². The minimum atomic E-state index is -0.0376. The van der Waals surface area contributed by atoms with Crippen molar-refractivity contribution in [2.24, 2.45) is 0 Å². The van der Waals surface area contributed by atoms with Crippen LogP contribution in [0.4, 0.5) is 0 Å². The number of aryl methyl sites for hydroxylation is 1. The van der Waals surface area contributed by atoms with Crippen molar-refractivity contribution in [3.8, 4) is 0 Å². The van der Waals surface area contributed by atoms with E-state index in [1.807, 2.05) is 25.1 Å². The van der Waals surface area contributed by atoms with Crippen LogP contribution in [0.3, 0.4) is 0 Å². The SMILES string of the molecule is CCc1nc2ccc(C(C)C)cc2c(=O)[nH]1. The Hall–Kier alpha value is -1.64. The van der Waals surface area contributed by atoms with Gasteiger partial charge < -0.3 is 4.98 Å². The molecule has 0 amide bonds. The van der Waals surface area contributed by atoms with E-state index in [-0.39, 0.29) is 5.56 Å². The highest BCUT2D eigenvalue weighted by Crippen LogP contribution is 2.17. The molecule has 0 saturated carbocycles. The molecule has 0 spiro atoms. The van der Waals surface area contributed by atoms with Gasteiger partial charge in [0.05, 0.1) is 10.9 Å². The quantitative estimate of drug-likeness (QED) is 0.838. The van der Waals surface area contributed by atoms with Crippen molar-refractivity contribution < 1.29 is 0 Å². The van der Waals surface area contributed by atoms with Gasteiger partial charge in [-0.1, -0.05) is 26.8 Å². The molecule has 1 heterocycles. The molecule has 0 saturated heterocycles. The molecule has 1 aromatic carbocycles. The van der Waals surface area contributed by atoms with Gasteiger partial charge in [0.25, 0.3) is 5.56 Å². The van der Waals surface area contributed by atoms with E-state index in [0.717, 1.165) is 17.8 Å². The molecule has 0 aliphatic carbocycles. The molecule has 0 atom stereocenters. The van der Waals surface area contributed by atoms with Crippen LogP contribution in [0.25, 0.3) is 10.9 Å². The number of hydrogen-bond donors (Lipinski definition) is 1. The topological polar surface area (TPSA) is 45.8 Å². The molecule has 3 heteroatoms. The number of aromatic amines is 1. The third-order valence-electron chi connectivity index (χ3n) is 2.78. The second kappa shape index (κ2) is 4.08. The Morgan fingerprint density at radius 1 is 1.38 bits per heavy atom. The third-order valence-corrected chi connectivity index (χ3v) is 2.78. The summed E-state index contributed by atoms with van der Waals surface area (Å²) >= 11 is 0. The molecule has 0 aliphatic heterocycles. The van der Waals surface area contributed by atoms with Crippen LogP contribution in [-0.2, 0) is 6.42 Å². The first kappa shape index (κ1) is 10.9. The number of nitrogens with one attached hydrogen (secondary N) is 1. The summed E-state index contributed by atoms with van der Waals surface area (Å²) in [6.45, 7) is 6.21. The van der Waals surface area contributed by atoms with Crippen molar-refractivity contribution in [3.05, 3.63) is 39.9 Å². The molecule has 16 heavy (non-hydrogen) atoms. The van der Waals surface area contributed by atoms with Crippen molar-refractivity contribution in [1.82, 2.24) is 9.97 Å². The van der Waals surface area contributed by atoms with E-state index in [1.54, 1.807) is 0 Å². The lowest BCUT2D eigenvalue weighted by atomic mass is 10.0. The molecule has 0 fully saturated rings. The molecule has 0 bridgehead atoms. The van der Waals surface area contributed by atoms with E-state index >= 15 is 0 Å². The zero-order valence-corrected chi connectivity index (χ0v) is 9.87. The van der Waals surface area contributed by atoms with Crippen LogP contribution in [0.2, 0.25) is 0 Å². The van der Waals surface area contributed by atoms with Gasteiger partial charge in [-0.2, -0.15) is 0 Å².